The van der Waals surface area contributed by atoms with Crippen LogP contribution in [0.15, 0.2) is 12.7 Å². The van der Waals surface area contributed by atoms with Crippen molar-refractivity contribution in [3.05, 3.63) is 12.7 Å². The molecular weight excluding hydrogens is 196 g/mol. The minimum Gasteiger partial charge on any atom is -0.469 e. The number of carbonyl (C=O) groups excluding carboxylic acids is 2. The van der Waals surface area contributed by atoms with Gasteiger partial charge in [0.05, 0.1) is 7.11 Å². The van der Waals surface area contributed by atoms with Gasteiger partial charge in [0.1, 0.15) is 5.60 Å². The topological polar surface area (TPSA) is 52.6 Å². The maximum Gasteiger partial charge on any atom is 0.305 e. The van der Waals surface area contributed by atoms with Crippen LogP contribution in [0.25, 0.3) is 0 Å². The second kappa shape index (κ2) is 7.04. The van der Waals surface area contributed by atoms with Crippen LogP contribution in [0, 0.1) is 0 Å². The molecule has 1 unspecified atom stereocenters. The number of hydrogen-bond acceptors (Lipinski definition) is 4. The molecule has 0 N–H and O–H groups in total. The van der Waals surface area contributed by atoms with Crippen LogP contribution in [-0.2, 0) is 19.1 Å². The van der Waals surface area contributed by atoms with E-state index in [1.807, 2.05) is 6.92 Å². The lowest BCUT2D eigenvalue weighted by Gasteiger charge is -2.29. The zero-order chi connectivity index (χ0) is 11.7. The maximum absolute atomic E-state index is 11.0. The Kier molecular flexibility index (Phi) is 6.42. The number of rotatable bonds is 8. The van der Waals surface area contributed by atoms with Crippen LogP contribution in [0.3, 0.4) is 0 Å². The molecule has 86 valence electrons. The number of hydrogen-bond donors (Lipinski definition) is 0. The van der Waals surface area contributed by atoms with Crippen LogP contribution in [0.1, 0.15) is 32.6 Å². The zero-order valence-electron chi connectivity index (χ0n) is 9.32. The smallest absolute Gasteiger partial charge is 0.305 e. The molecule has 0 aliphatic rings. The lowest BCUT2D eigenvalue weighted by Crippen LogP contribution is -2.31. The lowest BCUT2D eigenvalue weighted by molar-refractivity contribution is -0.150. The molecule has 4 heteroatoms. The monoisotopic (exact) mass is 214 g/mol. The van der Waals surface area contributed by atoms with Crippen molar-refractivity contribution in [3.8, 4) is 0 Å². The van der Waals surface area contributed by atoms with Crippen LogP contribution in [0.4, 0.5) is 0 Å². The predicted octanol–water partition coefficient (Wildman–Crippen LogP) is 1.84. The van der Waals surface area contributed by atoms with Gasteiger partial charge in [-0.25, -0.2) is 0 Å². The maximum atomic E-state index is 11.0. The highest BCUT2D eigenvalue weighted by molar-refractivity contribution is 5.69. The third-order valence-electron chi connectivity index (χ3n) is 2.47. The van der Waals surface area contributed by atoms with E-state index in [0.717, 1.165) is 0 Å². The summed E-state index contributed by atoms with van der Waals surface area (Å²) in [5.41, 5.74) is -0.613. The number of methoxy groups -OCH3 is 1. The van der Waals surface area contributed by atoms with Crippen molar-refractivity contribution >= 4 is 12.4 Å². The van der Waals surface area contributed by atoms with Gasteiger partial charge < -0.3 is 9.47 Å². The van der Waals surface area contributed by atoms with Crippen molar-refractivity contribution in [3.63, 3.8) is 0 Å². The molecule has 15 heavy (non-hydrogen) atoms. The van der Waals surface area contributed by atoms with Crippen molar-refractivity contribution in [2.24, 2.45) is 0 Å². The van der Waals surface area contributed by atoms with Gasteiger partial charge >= 0.3 is 5.97 Å². The average Bonchev–Trinajstić information content (AvgIpc) is 2.26. The molecule has 0 aromatic carbocycles. The first-order valence-electron chi connectivity index (χ1n) is 4.93. The van der Waals surface area contributed by atoms with Crippen molar-refractivity contribution in [1.29, 1.82) is 0 Å². The van der Waals surface area contributed by atoms with E-state index in [1.165, 1.54) is 7.11 Å². The summed E-state index contributed by atoms with van der Waals surface area (Å²) in [6.45, 7) is 5.94. The Hall–Kier alpha value is -1.32. The third kappa shape index (κ3) is 4.63. The minimum atomic E-state index is -0.613. The zero-order valence-corrected chi connectivity index (χ0v) is 9.32. The molecule has 4 nitrogen and oxygen atoms in total. The quantitative estimate of drug-likeness (QED) is 0.351. The van der Waals surface area contributed by atoms with Gasteiger partial charge in [0.25, 0.3) is 6.47 Å². The first-order valence-corrected chi connectivity index (χ1v) is 4.93. The number of ether oxygens (including phenoxy) is 2. The van der Waals surface area contributed by atoms with E-state index in [4.69, 9.17) is 4.74 Å². The molecule has 0 rings (SSSR count). The second-order valence-corrected chi connectivity index (χ2v) is 3.32. The molecule has 0 spiro atoms. The number of carbonyl (C=O) groups is 2. The van der Waals surface area contributed by atoms with Gasteiger partial charge in [0, 0.05) is 12.8 Å². The molecule has 0 radical (unpaired) electrons. The molecule has 0 fully saturated rings. The fourth-order valence-corrected chi connectivity index (χ4v) is 1.41. The molecule has 0 aromatic heterocycles. The largest absolute Gasteiger partial charge is 0.469 e. The first-order chi connectivity index (χ1) is 7.14. The fraction of sp³-hybridized carbons (Fsp3) is 0.636. The van der Waals surface area contributed by atoms with Crippen LogP contribution < -0.4 is 0 Å². The Morgan fingerprint density at radius 2 is 2.20 bits per heavy atom. The standard InChI is InChI=1S/C11H18O4/c1-4-7-11(5-2,15-9-12)8-6-10(13)14-3/h4,9H,1,5-8H2,2-3H3. The summed E-state index contributed by atoms with van der Waals surface area (Å²) in [6, 6.07) is 0. The van der Waals surface area contributed by atoms with E-state index >= 15 is 0 Å². The van der Waals surface area contributed by atoms with Crippen molar-refractivity contribution in [1.82, 2.24) is 0 Å². The summed E-state index contributed by atoms with van der Waals surface area (Å²) >= 11 is 0. The Bertz CT molecular complexity index is 213. The van der Waals surface area contributed by atoms with E-state index in [-0.39, 0.29) is 12.4 Å². The molecule has 0 aliphatic carbocycles. The van der Waals surface area contributed by atoms with Crippen molar-refractivity contribution in [2.45, 2.75) is 38.2 Å². The Morgan fingerprint density at radius 3 is 2.60 bits per heavy atom. The van der Waals surface area contributed by atoms with Crippen LogP contribution in [0.5, 0.6) is 0 Å². The summed E-state index contributed by atoms with van der Waals surface area (Å²) < 4.78 is 9.59. The second-order valence-electron chi connectivity index (χ2n) is 3.32. The van der Waals surface area contributed by atoms with Gasteiger partial charge in [-0.3, -0.25) is 9.59 Å². The van der Waals surface area contributed by atoms with Gasteiger partial charge in [-0.05, 0) is 12.8 Å². The van der Waals surface area contributed by atoms with Crippen LogP contribution in [0.2, 0.25) is 0 Å². The molecule has 0 amide bonds. The van der Waals surface area contributed by atoms with Gasteiger partial charge in [-0.2, -0.15) is 0 Å². The summed E-state index contributed by atoms with van der Waals surface area (Å²) in [5.74, 6) is -0.300. The van der Waals surface area contributed by atoms with E-state index in [0.29, 0.717) is 25.7 Å². The fourth-order valence-electron chi connectivity index (χ4n) is 1.41. The molecular formula is C11H18O4. The van der Waals surface area contributed by atoms with Crippen LogP contribution >= 0.6 is 0 Å². The van der Waals surface area contributed by atoms with E-state index < -0.39 is 5.60 Å². The van der Waals surface area contributed by atoms with E-state index in [9.17, 15) is 9.59 Å². The van der Waals surface area contributed by atoms with Gasteiger partial charge in [-0.15, -0.1) is 6.58 Å². The SMILES string of the molecule is C=CCC(CC)(CCC(=O)OC)OC=O. The van der Waals surface area contributed by atoms with E-state index in [2.05, 4.69) is 11.3 Å². The third-order valence-corrected chi connectivity index (χ3v) is 2.47. The van der Waals surface area contributed by atoms with Gasteiger partial charge in [0.15, 0.2) is 0 Å². The van der Waals surface area contributed by atoms with Crippen molar-refractivity contribution in [2.75, 3.05) is 7.11 Å². The predicted molar refractivity (Wildman–Crippen MR) is 56.2 cm³/mol. The molecule has 0 saturated heterocycles. The highest BCUT2D eigenvalue weighted by Crippen LogP contribution is 2.26. The van der Waals surface area contributed by atoms with Gasteiger partial charge in [-0.1, -0.05) is 13.0 Å². The molecule has 0 saturated carbocycles. The van der Waals surface area contributed by atoms with E-state index in [1.54, 1.807) is 6.08 Å². The summed E-state index contributed by atoms with van der Waals surface area (Å²) in [6.07, 6.45) is 3.57. The Morgan fingerprint density at radius 1 is 1.53 bits per heavy atom. The highest BCUT2D eigenvalue weighted by Gasteiger charge is 2.29. The minimum absolute atomic E-state index is 0.242. The molecule has 0 aliphatic heterocycles. The van der Waals surface area contributed by atoms with Gasteiger partial charge in [0.2, 0.25) is 0 Å². The number of esters is 1. The summed E-state index contributed by atoms with van der Waals surface area (Å²) in [4.78, 5) is 21.4. The van der Waals surface area contributed by atoms with Crippen molar-refractivity contribution < 1.29 is 19.1 Å². The average molecular weight is 214 g/mol. The summed E-state index contributed by atoms with van der Waals surface area (Å²) in [7, 11) is 1.34. The Balaban J connectivity index is 4.38. The molecule has 1 atom stereocenters. The highest BCUT2D eigenvalue weighted by atomic mass is 16.5. The Labute approximate surface area is 90.2 Å². The normalized spacial score (nSPS) is 13.7. The summed E-state index contributed by atoms with van der Waals surface area (Å²) in [5, 5.41) is 0. The van der Waals surface area contributed by atoms with Crippen LogP contribution in [-0.4, -0.2) is 25.2 Å². The lowest BCUT2D eigenvalue weighted by atomic mass is 9.90. The molecule has 0 bridgehead atoms. The molecule has 0 aromatic rings. The first kappa shape index (κ1) is 13.7. The molecule has 0 heterocycles.